The van der Waals surface area contributed by atoms with Crippen LogP contribution in [0, 0.1) is 5.92 Å². The molecule has 1 aliphatic heterocycles. The lowest BCUT2D eigenvalue weighted by Gasteiger charge is -2.22. The van der Waals surface area contributed by atoms with Gasteiger partial charge in [-0.2, -0.15) is 0 Å². The number of ether oxygens (including phenoxy) is 2. The number of hydrogen-bond donors (Lipinski definition) is 1. The van der Waals surface area contributed by atoms with Crippen molar-refractivity contribution in [1.29, 1.82) is 0 Å². The van der Waals surface area contributed by atoms with Crippen LogP contribution in [0.2, 0.25) is 5.02 Å². The predicted molar refractivity (Wildman–Crippen MR) is 106 cm³/mol. The van der Waals surface area contributed by atoms with Crippen LogP contribution in [0.3, 0.4) is 0 Å². The number of esters is 1. The van der Waals surface area contributed by atoms with Crippen molar-refractivity contribution in [2.75, 3.05) is 20.3 Å². The molecule has 0 bridgehead atoms. The first-order valence-electron chi connectivity index (χ1n) is 9.24. The highest BCUT2D eigenvalue weighted by atomic mass is 35.5. The van der Waals surface area contributed by atoms with Gasteiger partial charge >= 0.3 is 12.0 Å². The molecule has 1 fully saturated rings. The van der Waals surface area contributed by atoms with Crippen LogP contribution in [0.1, 0.15) is 44.0 Å². The number of methoxy groups -OCH3 is 1. The molecule has 0 aliphatic carbocycles. The maximum absolute atomic E-state index is 12.6. The van der Waals surface area contributed by atoms with Crippen LogP contribution in [-0.4, -0.2) is 54.4 Å². The van der Waals surface area contributed by atoms with Crippen molar-refractivity contribution >= 4 is 35.3 Å². The molecule has 1 aromatic carbocycles. The van der Waals surface area contributed by atoms with Gasteiger partial charge in [0.05, 0.1) is 12.1 Å². The molecule has 1 saturated heterocycles. The predicted octanol–water partition coefficient (Wildman–Crippen LogP) is 2.82. The van der Waals surface area contributed by atoms with Crippen LogP contribution < -0.4 is 10.1 Å². The van der Waals surface area contributed by atoms with Crippen LogP contribution in [-0.2, 0) is 14.3 Å². The fourth-order valence-corrected chi connectivity index (χ4v) is 3.14. The quantitative estimate of drug-likeness (QED) is 0.371. The Bertz CT molecular complexity index is 825. The second kappa shape index (κ2) is 9.26. The number of Topliss-reactive ketones (excluding diaryl/α,β-unsaturated/α-hetero) is 1. The van der Waals surface area contributed by atoms with Gasteiger partial charge in [-0.3, -0.25) is 19.3 Å². The van der Waals surface area contributed by atoms with Gasteiger partial charge in [-0.1, -0.05) is 25.4 Å². The molecule has 1 N–H and O–H groups in total. The number of amides is 3. The lowest BCUT2D eigenvalue weighted by Crippen LogP contribution is -2.44. The Kier molecular flexibility index (Phi) is 7.24. The molecule has 1 heterocycles. The molecule has 3 amide bonds. The van der Waals surface area contributed by atoms with Crippen molar-refractivity contribution in [3.63, 3.8) is 0 Å². The first-order chi connectivity index (χ1) is 13.6. The number of rotatable bonds is 9. The summed E-state index contributed by atoms with van der Waals surface area (Å²) in [4.78, 5) is 49.8. The molecule has 0 aromatic heterocycles. The van der Waals surface area contributed by atoms with Crippen LogP contribution in [0.25, 0.3) is 0 Å². The van der Waals surface area contributed by atoms with Gasteiger partial charge in [0.2, 0.25) is 0 Å². The highest BCUT2D eigenvalue weighted by molar-refractivity contribution is 6.32. The molecule has 9 heteroatoms. The van der Waals surface area contributed by atoms with Crippen LogP contribution in [0.5, 0.6) is 5.75 Å². The number of imide groups is 1. The largest absolute Gasteiger partial charge is 0.495 e. The topological polar surface area (TPSA) is 102 Å². The van der Waals surface area contributed by atoms with Gasteiger partial charge in [-0.25, -0.2) is 4.79 Å². The minimum atomic E-state index is -1.04. The molecule has 1 aromatic rings. The number of hydrogen-bond acceptors (Lipinski definition) is 6. The minimum absolute atomic E-state index is 0.250. The summed E-state index contributed by atoms with van der Waals surface area (Å²) in [6.07, 6.45) is 1.22. The molecule has 2 rings (SSSR count). The van der Waals surface area contributed by atoms with E-state index in [9.17, 15) is 19.2 Å². The maximum Gasteiger partial charge on any atom is 0.326 e. The van der Waals surface area contributed by atoms with Crippen molar-refractivity contribution < 1.29 is 28.7 Å². The zero-order chi connectivity index (χ0) is 21.8. The number of ketones is 1. The Morgan fingerprint density at radius 1 is 1.28 bits per heavy atom. The standard InChI is InChI=1S/C20H25ClN2O6/c1-12(2)7-8-20(3)18(26)23(19(27)22-20)10-17(25)29-11-15(24)13-5-6-16(28-4)14(21)9-13/h5-6,9,12H,7-8,10-11H2,1-4H3,(H,22,27)/t20-/m0/s1. The fourth-order valence-electron chi connectivity index (χ4n) is 2.88. The first-order valence-corrected chi connectivity index (χ1v) is 9.61. The van der Waals surface area contributed by atoms with E-state index in [4.69, 9.17) is 21.1 Å². The number of carbonyl (C=O) groups excluding carboxylic acids is 4. The average Bonchev–Trinajstić information content (AvgIpc) is 2.88. The second-order valence-electron chi connectivity index (χ2n) is 7.52. The molecule has 8 nitrogen and oxygen atoms in total. The lowest BCUT2D eigenvalue weighted by molar-refractivity contribution is -0.146. The highest BCUT2D eigenvalue weighted by Crippen LogP contribution is 2.26. The number of nitrogens with zero attached hydrogens (tertiary/aromatic N) is 1. The van der Waals surface area contributed by atoms with Crippen molar-refractivity contribution in [1.82, 2.24) is 10.2 Å². The number of benzene rings is 1. The molecule has 0 saturated carbocycles. The number of nitrogens with one attached hydrogen (secondary N) is 1. The fraction of sp³-hybridized carbons (Fsp3) is 0.500. The molecule has 0 spiro atoms. The smallest absolute Gasteiger partial charge is 0.326 e. The summed E-state index contributed by atoms with van der Waals surface area (Å²) < 4.78 is 9.96. The van der Waals surface area contributed by atoms with Crippen LogP contribution in [0.4, 0.5) is 4.79 Å². The lowest BCUT2D eigenvalue weighted by atomic mass is 9.92. The third kappa shape index (κ3) is 5.47. The average molecular weight is 425 g/mol. The Hall–Kier alpha value is -2.61. The minimum Gasteiger partial charge on any atom is -0.495 e. The van der Waals surface area contributed by atoms with Crippen molar-refractivity contribution in [3.8, 4) is 5.75 Å². The van der Waals surface area contributed by atoms with Crippen LogP contribution in [0.15, 0.2) is 18.2 Å². The van der Waals surface area contributed by atoms with Gasteiger partial charge in [0.15, 0.2) is 12.4 Å². The monoisotopic (exact) mass is 424 g/mol. The molecule has 29 heavy (non-hydrogen) atoms. The van der Waals surface area contributed by atoms with Crippen molar-refractivity contribution in [3.05, 3.63) is 28.8 Å². The molecule has 1 atom stereocenters. The van der Waals surface area contributed by atoms with Crippen molar-refractivity contribution in [2.45, 2.75) is 39.2 Å². The number of halogens is 1. The van der Waals surface area contributed by atoms with Gasteiger partial charge in [0, 0.05) is 5.56 Å². The summed E-state index contributed by atoms with van der Waals surface area (Å²) in [5.41, 5.74) is -0.794. The summed E-state index contributed by atoms with van der Waals surface area (Å²) in [6.45, 7) is 4.59. The summed E-state index contributed by atoms with van der Waals surface area (Å²) in [5.74, 6) is -1.02. The summed E-state index contributed by atoms with van der Waals surface area (Å²) >= 11 is 5.98. The molecule has 0 radical (unpaired) electrons. The van der Waals surface area contributed by atoms with Crippen LogP contribution >= 0.6 is 11.6 Å². The van der Waals surface area contributed by atoms with E-state index in [2.05, 4.69) is 5.32 Å². The first kappa shape index (κ1) is 22.7. The molecule has 0 unspecified atom stereocenters. The highest BCUT2D eigenvalue weighted by Gasteiger charge is 2.48. The molecule has 158 valence electrons. The van der Waals surface area contributed by atoms with E-state index in [1.165, 1.54) is 25.3 Å². The second-order valence-corrected chi connectivity index (χ2v) is 7.93. The van der Waals surface area contributed by atoms with E-state index in [0.29, 0.717) is 18.1 Å². The third-order valence-electron chi connectivity index (χ3n) is 4.69. The Morgan fingerprint density at radius 2 is 1.97 bits per heavy atom. The molecular formula is C20H25ClN2O6. The summed E-state index contributed by atoms with van der Waals surface area (Å²) in [5, 5.41) is 2.89. The summed E-state index contributed by atoms with van der Waals surface area (Å²) in [6, 6.07) is 3.79. The molecular weight excluding hydrogens is 400 g/mol. The van der Waals surface area contributed by atoms with Gasteiger partial charge in [0.25, 0.3) is 5.91 Å². The number of urea groups is 1. The van der Waals surface area contributed by atoms with Gasteiger partial charge in [-0.15, -0.1) is 0 Å². The molecule has 1 aliphatic rings. The van der Waals surface area contributed by atoms with Gasteiger partial charge in [0.1, 0.15) is 17.8 Å². The summed E-state index contributed by atoms with van der Waals surface area (Å²) in [7, 11) is 1.45. The number of carbonyl (C=O) groups is 4. The zero-order valence-electron chi connectivity index (χ0n) is 16.9. The van der Waals surface area contributed by atoms with E-state index in [-0.39, 0.29) is 10.6 Å². The maximum atomic E-state index is 12.6. The van der Waals surface area contributed by atoms with Gasteiger partial charge in [-0.05, 0) is 43.9 Å². The van der Waals surface area contributed by atoms with E-state index in [1.807, 2.05) is 13.8 Å². The normalized spacial score (nSPS) is 18.8. The van der Waals surface area contributed by atoms with E-state index >= 15 is 0 Å². The Balaban J connectivity index is 1.92. The zero-order valence-corrected chi connectivity index (χ0v) is 17.7. The SMILES string of the molecule is COc1ccc(C(=O)COC(=O)CN2C(=O)N[C@@](C)(CCC(C)C)C2=O)cc1Cl. The Labute approximate surface area is 174 Å². The van der Waals surface area contributed by atoms with E-state index in [0.717, 1.165) is 11.3 Å². The van der Waals surface area contributed by atoms with Crippen molar-refractivity contribution in [2.24, 2.45) is 5.92 Å². The third-order valence-corrected chi connectivity index (χ3v) is 4.99. The Morgan fingerprint density at radius 3 is 2.55 bits per heavy atom. The van der Waals surface area contributed by atoms with E-state index < -0.39 is 42.4 Å². The van der Waals surface area contributed by atoms with E-state index in [1.54, 1.807) is 6.92 Å². The van der Waals surface area contributed by atoms with Gasteiger partial charge < -0.3 is 14.8 Å².